The molecule has 1 N–H and O–H groups in total. The Labute approximate surface area is 89.3 Å². The summed E-state index contributed by atoms with van der Waals surface area (Å²) in [7, 11) is 0. The first-order valence-corrected chi connectivity index (χ1v) is 4.41. The van der Waals surface area contributed by atoms with Crippen molar-refractivity contribution in [2.45, 2.75) is 6.92 Å². The minimum Gasteiger partial charge on any atom is -0.341 e. The lowest BCUT2D eigenvalue weighted by molar-refractivity contribution is -0.116. The van der Waals surface area contributed by atoms with Crippen LogP contribution < -0.4 is 5.32 Å². The van der Waals surface area contributed by atoms with Gasteiger partial charge in [-0.15, -0.1) is 6.42 Å². The van der Waals surface area contributed by atoms with E-state index in [1.165, 1.54) is 6.08 Å². The molecule has 0 aliphatic heterocycles. The highest BCUT2D eigenvalue weighted by molar-refractivity contribution is 6.33. The summed E-state index contributed by atoms with van der Waals surface area (Å²) in [5.41, 5.74) is 0.319. The number of carbonyl (C=O) groups is 1. The maximum Gasteiger partial charge on any atom is 0.253 e. The number of nitrogens with one attached hydrogen (secondary N) is 1. The quantitative estimate of drug-likeness (QED) is 0.428. The Balaban J connectivity index is 4.73. The third-order valence-electron chi connectivity index (χ3n) is 1.37. The maximum atomic E-state index is 11.4. The van der Waals surface area contributed by atoms with Gasteiger partial charge in [0.15, 0.2) is 0 Å². The molecule has 0 radical (unpaired) electrons. The molecule has 14 heavy (non-hydrogen) atoms. The van der Waals surface area contributed by atoms with E-state index in [9.17, 15) is 4.79 Å². The average Bonchev–Trinajstić information content (AvgIpc) is 2.16. The Kier molecular flexibility index (Phi) is 6.26. The summed E-state index contributed by atoms with van der Waals surface area (Å²) >= 11 is 5.83. The number of hydrogen-bond donors (Lipinski definition) is 1. The second-order valence-corrected chi connectivity index (χ2v) is 2.76. The molecule has 1 amide bonds. The Hall–Kier alpha value is -1.46. The van der Waals surface area contributed by atoms with Gasteiger partial charge >= 0.3 is 0 Å². The van der Waals surface area contributed by atoms with E-state index < -0.39 is 0 Å². The Bertz CT molecular complexity index is 321. The summed E-state index contributed by atoms with van der Waals surface area (Å²) in [4.78, 5) is 11.4. The highest BCUT2D eigenvalue weighted by Gasteiger charge is 2.07. The normalized spacial score (nSPS) is 11.8. The van der Waals surface area contributed by atoms with Gasteiger partial charge in [0, 0.05) is 0 Å². The molecule has 0 bridgehead atoms. The van der Waals surface area contributed by atoms with Gasteiger partial charge in [0.05, 0.1) is 17.2 Å². The van der Waals surface area contributed by atoms with Crippen LogP contribution in [0.5, 0.6) is 0 Å². The van der Waals surface area contributed by atoms with Crippen molar-refractivity contribution < 1.29 is 4.79 Å². The first kappa shape index (κ1) is 12.5. The molecule has 0 spiro atoms. The summed E-state index contributed by atoms with van der Waals surface area (Å²) in [5, 5.41) is 2.84. The first-order valence-electron chi connectivity index (χ1n) is 4.04. The molecular weight excluding hydrogens is 198 g/mol. The molecule has 0 aliphatic carbocycles. The van der Waals surface area contributed by atoms with Gasteiger partial charge in [0.2, 0.25) is 0 Å². The van der Waals surface area contributed by atoms with Gasteiger partial charge in [-0.05, 0) is 13.0 Å². The van der Waals surface area contributed by atoms with Crippen LogP contribution in [0.15, 0.2) is 35.4 Å². The largest absolute Gasteiger partial charge is 0.341 e. The summed E-state index contributed by atoms with van der Waals surface area (Å²) in [6, 6.07) is 0. The number of rotatable bonds is 4. The molecule has 0 unspecified atom stereocenters. The standard InChI is InChI=1S/C11H12ClNO/c1-4-7-10(12)9(6-3)11(14)13-8-5-2/h2,4,6-7H,3,8H2,1H3,(H,13,14)/b7-4-,10-9-. The van der Waals surface area contributed by atoms with Crippen LogP contribution in [0.25, 0.3) is 0 Å². The lowest BCUT2D eigenvalue weighted by atomic mass is 10.2. The SMILES string of the molecule is C#CCNC(=O)/C(C=C)=C(Cl)/C=C\C. The van der Waals surface area contributed by atoms with Crippen molar-refractivity contribution in [3.05, 3.63) is 35.4 Å². The molecule has 0 rings (SSSR count). The second kappa shape index (κ2) is 6.99. The van der Waals surface area contributed by atoms with E-state index >= 15 is 0 Å². The molecule has 0 atom stereocenters. The molecule has 0 aromatic heterocycles. The maximum absolute atomic E-state index is 11.4. The summed E-state index contributed by atoms with van der Waals surface area (Å²) in [6.45, 7) is 5.49. The molecule has 3 heteroatoms. The van der Waals surface area contributed by atoms with Crippen LogP contribution in [0.1, 0.15) is 6.92 Å². The fourth-order valence-corrected chi connectivity index (χ4v) is 1.05. The van der Waals surface area contributed by atoms with E-state index in [-0.39, 0.29) is 12.5 Å². The number of carbonyl (C=O) groups excluding carboxylic acids is 1. The van der Waals surface area contributed by atoms with Crippen LogP contribution in [0.4, 0.5) is 0 Å². The van der Waals surface area contributed by atoms with Crippen molar-refractivity contribution in [3.63, 3.8) is 0 Å². The second-order valence-electron chi connectivity index (χ2n) is 2.35. The Morgan fingerprint density at radius 1 is 1.71 bits per heavy atom. The molecule has 0 aromatic carbocycles. The van der Waals surface area contributed by atoms with Gasteiger partial charge in [-0.1, -0.05) is 36.3 Å². The summed E-state index contributed by atoms with van der Waals surface area (Å²) in [6.07, 6.45) is 9.75. The van der Waals surface area contributed by atoms with Crippen LogP contribution in [0.3, 0.4) is 0 Å². The van der Waals surface area contributed by atoms with Crippen LogP contribution in [0, 0.1) is 12.3 Å². The van der Waals surface area contributed by atoms with E-state index in [0.29, 0.717) is 10.6 Å². The van der Waals surface area contributed by atoms with Crippen molar-refractivity contribution in [3.8, 4) is 12.3 Å². The molecule has 0 aromatic rings. The van der Waals surface area contributed by atoms with E-state index in [2.05, 4.69) is 17.8 Å². The van der Waals surface area contributed by atoms with Crippen molar-refractivity contribution >= 4 is 17.5 Å². The molecule has 2 nitrogen and oxygen atoms in total. The molecular formula is C11H12ClNO. The molecule has 74 valence electrons. The number of halogens is 1. The van der Waals surface area contributed by atoms with Gasteiger partial charge in [-0.2, -0.15) is 0 Å². The lowest BCUT2D eigenvalue weighted by Gasteiger charge is -2.02. The lowest BCUT2D eigenvalue weighted by Crippen LogP contribution is -2.24. The van der Waals surface area contributed by atoms with Crippen LogP contribution in [0.2, 0.25) is 0 Å². The van der Waals surface area contributed by atoms with Crippen LogP contribution >= 0.6 is 11.6 Å². The van der Waals surface area contributed by atoms with Crippen molar-refractivity contribution in [2.24, 2.45) is 0 Å². The molecule has 0 heterocycles. The Morgan fingerprint density at radius 3 is 2.79 bits per heavy atom. The van der Waals surface area contributed by atoms with E-state index in [0.717, 1.165) is 0 Å². The van der Waals surface area contributed by atoms with Gasteiger partial charge in [0.25, 0.3) is 5.91 Å². The van der Waals surface area contributed by atoms with E-state index in [4.69, 9.17) is 18.0 Å². The first-order chi connectivity index (χ1) is 6.67. The minimum absolute atomic E-state index is 0.177. The third-order valence-corrected chi connectivity index (χ3v) is 1.70. The van der Waals surface area contributed by atoms with Crippen molar-refractivity contribution in [2.75, 3.05) is 6.54 Å². The number of allylic oxidation sites excluding steroid dienone is 3. The van der Waals surface area contributed by atoms with Gasteiger partial charge < -0.3 is 5.32 Å². The van der Waals surface area contributed by atoms with Crippen molar-refractivity contribution in [1.82, 2.24) is 5.32 Å². The molecule has 0 aliphatic rings. The monoisotopic (exact) mass is 209 g/mol. The topological polar surface area (TPSA) is 29.1 Å². The fraction of sp³-hybridized carbons (Fsp3) is 0.182. The van der Waals surface area contributed by atoms with Gasteiger partial charge in [-0.3, -0.25) is 4.79 Å². The van der Waals surface area contributed by atoms with E-state index in [1.54, 1.807) is 12.2 Å². The molecule has 0 saturated carbocycles. The predicted octanol–water partition coefficient (Wildman–Crippen LogP) is 1.99. The fourth-order valence-electron chi connectivity index (χ4n) is 0.761. The smallest absolute Gasteiger partial charge is 0.253 e. The average molecular weight is 210 g/mol. The zero-order chi connectivity index (χ0) is 11.0. The zero-order valence-electron chi connectivity index (χ0n) is 8.01. The number of terminal acetylenes is 1. The number of hydrogen-bond acceptors (Lipinski definition) is 1. The predicted molar refractivity (Wildman–Crippen MR) is 59.7 cm³/mol. The highest BCUT2D eigenvalue weighted by atomic mass is 35.5. The van der Waals surface area contributed by atoms with Crippen LogP contribution in [-0.2, 0) is 4.79 Å². The molecule has 0 saturated heterocycles. The number of amides is 1. The van der Waals surface area contributed by atoms with E-state index in [1.807, 2.05) is 6.92 Å². The van der Waals surface area contributed by atoms with Crippen LogP contribution in [-0.4, -0.2) is 12.5 Å². The molecule has 0 fully saturated rings. The third kappa shape index (κ3) is 3.97. The summed E-state index contributed by atoms with van der Waals surface area (Å²) in [5.74, 6) is 1.98. The highest BCUT2D eigenvalue weighted by Crippen LogP contribution is 2.12. The van der Waals surface area contributed by atoms with Crippen molar-refractivity contribution in [1.29, 1.82) is 0 Å². The minimum atomic E-state index is -0.318. The Morgan fingerprint density at radius 2 is 2.36 bits per heavy atom. The van der Waals surface area contributed by atoms with Gasteiger partial charge in [-0.25, -0.2) is 0 Å². The van der Waals surface area contributed by atoms with Gasteiger partial charge in [0.1, 0.15) is 0 Å². The summed E-state index contributed by atoms with van der Waals surface area (Å²) < 4.78 is 0. The zero-order valence-corrected chi connectivity index (χ0v) is 8.77.